The van der Waals surface area contributed by atoms with Gasteiger partial charge in [-0.1, -0.05) is 26.0 Å². The molecular weight excluding hydrogens is 286 g/mol. The highest BCUT2D eigenvalue weighted by molar-refractivity contribution is 7.90. The van der Waals surface area contributed by atoms with Crippen molar-refractivity contribution in [3.8, 4) is 0 Å². The van der Waals surface area contributed by atoms with Gasteiger partial charge in [-0.05, 0) is 23.6 Å². The number of sulfone groups is 1. The Morgan fingerprint density at radius 2 is 1.81 bits per heavy atom. The van der Waals surface area contributed by atoms with Crippen LogP contribution >= 0.6 is 0 Å². The molecule has 0 spiro atoms. The van der Waals surface area contributed by atoms with Crippen LogP contribution in [0.4, 0.5) is 5.82 Å². The van der Waals surface area contributed by atoms with Crippen molar-refractivity contribution in [1.29, 1.82) is 0 Å². The predicted molar refractivity (Wildman–Crippen MR) is 83.0 cm³/mol. The summed E-state index contributed by atoms with van der Waals surface area (Å²) in [6.45, 7) is 4.74. The van der Waals surface area contributed by atoms with Gasteiger partial charge in [-0.25, -0.2) is 18.4 Å². The lowest BCUT2D eigenvalue weighted by Crippen LogP contribution is -2.04. The molecule has 0 atom stereocenters. The molecule has 1 aromatic carbocycles. The summed E-state index contributed by atoms with van der Waals surface area (Å²) >= 11 is 0. The maximum atomic E-state index is 11.4. The Labute approximate surface area is 125 Å². The summed E-state index contributed by atoms with van der Waals surface area (Å²) in [5.41, 5.74) is 1.98. The van der Waals surface area contributed by atoms with Crippen molar-refractivity contribution in [3.63, 3.8) is 0 Å². The monoisotopic (exact) mass is 305 g/mol. The van der Waals surface area contributed by atoms with E-state index in [0.29, 0.717) is 17.4 Å². The van der Waals surface area contributed by atoms with Crippen molar-refractivity contribution < 1.29 is 8.42 Å². The van der Waals surface area contributed by atoms with E-state index in [1.807, 2.05) is 6.07 Å². The maximum Gasteiger partial charge on any atom is 0.175 e. The zero-order valence-electron chi connectivity index (χ0n) is 12.4. The van der Waals surface area contributed by atoms with Crippen LogP contribution < -0.4 is 5.32 Å². The molecule has 0 aliphatic heterocycles. The Hall–Kier alpha value is -1.95. The molecule has 0 fully saturated rings. The number of aromatic nitrogens is 2. The number of anilines is 1. The van der Waals surface area contributed by atoms with Crippen LogP contribution in [0.25, 0.3) is 0 Å². The highest BCUT2D eigenvalue weighted by atomic mass is 32.2. The molecule has 2 aromatic rings. The average Bonchev–Trinajstić information content (AvgIpc) is 2.45. The molecule has 0 amide bonds. The van der Waals surface area contributed by atoms with Gasteiger partial charge in [0, 0.05) is 24.6 Å². The topological polar surface area (TPSA) is 72.0 Å². The van der Waals surface area contributed by atoms with Crippen molar-refractivity contribution in [2.24, 2.45) is 0 Å². The standard InChI is InChI=1S/C15H19N3O2S/c1-11(2)14-8-15(18-10-17-14)16-9-12-4-6-13(7-5-12)21(3,19)20/h4-8,10-11H,9H2,1-3H3,(H,16,17,18). The quantitative estimate of drug-likeness (QED) is 0.919. The summed E-state index contributed by atoms with van der Waals surface area (Å²) in [5.74, 6) is 1.11. The van der Waals surface area contributed by atoms with E-state index in [9.17, 15) is 8.42 Å². The van der Waals surface area contributed by atoms with Crippen LogP contribution in [0.2, 0.25) is 0 Å². The third-order valence-corrected chi connectivity index (χ3v) is 4.23. The summed E-state index contributed by atoms with van der Waals surface area (Å²) < 4.78 is 22.8. The molecule has 112 valence electrons. The average molecular weight is 305 g/mol. The van der Waals surface area contributed by atoms with E-state index in [4.69, 9.17) is 0 Å². The number of benzene rings is 1. The minimum atomic E-state index is -3.14. The second-order valence-corrected chi connectivity index (χ2v) is 7.27. The first-order valence-electron chi connectivity index (χ1n) is 6.71. The predicted octanol–water partition coefficient (Wildman–Crippen LogP) is 2.62. The Morgan fingerprint density at radius 3 is 2.38 bits per heavy atom. The van der Waals surface area contributed by atoms with Crippen LogP contribution in [0.1, 0.15) is 31.0 Å². The lowest BCUT2D eigenvalue weighted by Gasteiger charge is -2.09. The van der Waals surface area contributed by atoms with Crippen molar-refractivity contribution in [3.05, 3.63) is 47.9 Å². The van der Waals surface area contributed by atoms with Gasteiger partial charge in [-0.15, -0.1) is 0 Å². The Bertz CT molecular complexity index is 710. The molecule has 5 nitrogen and oxygen atoms in total. The van der Waals surface area contributed by atoms with Crippen LogP contribution in [-0.4, -0.2) is 24.6 Å². The van der Waals surface area contributed by atoms with Crippen molar-refractivity contribution in [1.82, 2.24) is 9.97 Å². The van der Waals surface area contributed by atoms with Gasteiger partial charge in [0.1, 0.15) is 12.1 Å². The zero-order chi connectivity index (χ0) is 15.5. The molecular formula is C15H19N3O2S. The van der Waals surface area contributed by atoms with Crippen LogP contribution in [0.15, 0.2) is 41.6 Å². The largest absolute Gasteiger partial charge is 0.366 e. The first-order chi connectivity index (χ1) is 9.86. The minimum Gasteiger partial charge on any atom is -0.366 e. The highest BCUT2D eigenvalue weighted by Gasteiger charge is 2.06. The van der Waals surface area contributed by atoms with Gasteiger partial charge in [0.2, 0.25) is 0 Å². The highest BCUT2D eigenvalue weighted by Crippen LogP contribution is 2.15. The van der Waals surface area contributed by atoms with E-state index in [0.717, 1.165) is 17.1 Å². The number of hydrogen-bond acceptors (Lipinski definition) is 5. The van der Waals surface area contributed by atoms with E-state index in [2.05, 4.69) is 29.1 Å². The molecule has 0 saturated heterocycles. The molecule has 1 N–H and O–H groups in total. The first kappa shape index (κ1) is 15.4. The van der Waals surface area contributed by atoms with E-state index in [1.54, 1.807) is 30.6 Å². The molecule has 1 heterocycles. The van der Waals surface area contributed by atoms with Crippen molar-refractivity contribution >= 4 is 15.7 Å². The summed E-state index contributed by atoms with van der Waals surface area (Å²) in [7, 11) is -3.14. The molecule has 21 heavy (non-hydrogen) atoms. The van der Waals surface area contributed by atoms with Gasteiger partial charge in [0.15, 0.2) is 9.84 Å². The van der Waals surface area contributed by atoms with Gasteiger partial charge in [0.05, 0.1) is 4.90 Å². The van der Waals surface area contributed by atoms with Gasteiger partial charge < -0.3 is 5.32 Å². The Balaban J connectivity index is 2.05. The summed E-state index contributed by atoms with van der Waals surface area (Å²) in [6.07, 6.45) is 2.75. The number of hydrogen-bond donors (Lipinski definition) is 1. The fraction of sp³-hybridized carbons (Fsp3) is 0.333. The lowest BCUT2D eigenvalue weighted by molar-refractivity contribution is 0.602. The van der Waals surface area contributed by atoms with Crippen LogP contribution in [-0.2, 0) is 16.4 Å². The van der Waals surface area contributed by atoms with E-state index in [-0.39, 0.29) is 0 Å². The van der Waals surface area contributed by atoms with Crippen LogP contribution in [0.5, 0.6) is 0 Å². The second-order valence-electron chi connectivity index (χ2n) is 5.25. The third kappa shape index (κ3) is 4.26. The third-order valence-electron chi connectivity index (χ3n) is 3.10. The second kappa shape index (κ2) is 6.22. The van der Waals surface area contributed by atoms with Crippen LogP contribution in [0.3, 0.4) is 0 Å². The first-order valence-corrected chi connectivity index (χ1v) is 8.60. The van der Waals surface area contributed by atoms with Gasteiger partial charge in [-0.3, -0.25) is 0 Å². The molecule has 2 rings (SSSR count). The molecule has 0 aliphatic carbocycles. The van der Waals surface area contributed by atoms with Crippen molar-refractivity contribution in [2.75, 3.05) is 11.6 Å². The molecule has 0 saturated carbocycles. The number of rotatable bonds is 5. The molecule has 0 aliphatic rings. The summed E-state index contributed by atoms with van der Waals surface area (Å²) in [5, 5.41) is 3.21. The fourth-order valence-corrected chi connectivity index (χ4v) is 2.46. The van der Waals surface area contributed by atoms with Crippen LogP contribution in [0, 0.1) is 0 Å². The maximum absolute atomic E-state index is 11.4. The molecule has 0 unspecified atom stereocenters. The summed E-state index contributed by atoms with van der Waals surface area (Å²) in [6, 6.07) is 8.76. The van der Waals surface area contributed by atoms with Crippen molar-refractivity contribution in [2.45, 2.75) is 31.2 Å². The van der Waals surface area contributed by atoms with E-state index in [1.165, 1.54) is 6.26 Å². The van der Waals surface area contributed by atoms with Gasteiger partial charge >= 0.3 is 0 Å². The molecule has 1 aromatic heterocycles. The minimum absolute atomic E-state index is 0.329. The lowest BCUT2D eigenvalue weighted by atomic mass is 10.1. The smallest absolute Gasteiger partial charge is 0.175 e. The SMILES string of the molecule is CC(C)c1cc(NCc2ccc(S(C)(=O)=O)cc2)ncn1. The number of nitrogens with zero attached hydrogens (tertiary/aromatic N) is 2. The zero-order valence-corrected chi connectivity index (χ0v) is 13.2. The number of nitrogens with one attached hydrogen (secondary N) is 1. The summed E-state index contributed by atoms with van der Waals surface area (Å²) in [4.78, 5) is 8.72. The molecule has 0 radical (unpaired) electrons. The molecule has 0 bridgehead atoms. The Kier molecular flexibility index (Phi) is 4.57. The van der Waals surface area contributed by atoms with E-state index < -0.39 is 9.84 Å². The normalized spacial score (nSPS) is 11.6. The van der Waals surface area contributed by atoms with E-state index >= 15 is 0 Å². The van der Waals surface area contributed by atoms with Gasteiger partial charge in [-0.2, -0.15) is 0 Å². The molecule has 6 heteroatoms. The van der Waals surface area contributed by atoms with Gasteiger partial charge in [0.25, 0.3) is 0 Å². The fourth-order valence-electron chi connectivity index (χ4n) is 1.83. The Morgan fingerprint density at radius 1 is 1.14 bits per heavy atom.